The van der Waals surface area contributed by atoms with Crippen LogP contribution in [0.15, 0.2) is 53.5 Å². The molecule has 34 heavy (non-hydrogen) atoms. The van der Waals surface area contributed by atoms with E-state index in [4.69, 9.17) is 4.74 Å². The SMILES string of the molecule is CCn1c(=O)c2ccccc2n2c(CN3CCC(c4c[nH]c5ccc(OC)cc45)CC3)nnc12. The maximum absolute atomic E-state index is 12.9. The highest BCUT2D eigenvalue weighted by atomic mass is 16.5. The Hall–Kier alpha value is -3.65. The van der Waals surface area contributed by atoms with Gasteiger partial charge in [-0.3, -0.25) is 18.7 Å². The van der Waals surface area contributed by atoms with Crippen molar-refractivity contribution in [3.05, 3.63) is 70.4 Å². The van der Waals surface area contributed by atoms with E-state index in [0.29, 0.717) is 30.2 Å². The van der Waals surface area contributed by atoms with Crippen molar-refractivity contribution in [3.8, 4) is 5.75 Å². The second kappa shape index (κ2) is 8.29. The molecule has 0 saturated carbocycles. The minimum Gasteiger partial charge on any atom is -0.497 e. The molecule has 3 aromatic heterocycles. The maximum atomic E-state index is 12.9. The lowest BCUT2D eigenvalue weighted by atomic mass is 9.89. The summed E-state index contributed by atoms with van der Waals surface area (Å²) in [6, 6.07) is 13.9. The van der Waals surface area contributed by atoms with E-state index in [1.807, 2.05) is 37.3 Å². The molecular weight excluding hydrogens is 428 g/mol. The van der Waals surface area contributed by atoms with Gasteiger partial charge in [0, 0.05) is 23.6 Å². The van der Waals surface area contributed by atoms with E-state index in [1.165, 1.54) is 10.9 Å². The van der Waals surface area contributed by atoms with Gasteiger partial charge in [-0.25, -0.2) is 0 Å². The van der Waals surface area contributed by atoms with Gasteiger partial charge in [0.1, 0.15) is 5.75 Å². The van der Waals surface area contributed by atoms with Crippen LogP contribution in [0.1, 0.15) is 37.1 Å². The fraction of sp³-hybridized carbons (Fsp3) is 0.346. The summed E-state index contributed by atoms with van der Waals surface area (Å²) in [4.78, 5) is 18.8. The van der Waals surface area contributed by atoms with Crippen molar-refractivity contribution in [2.75, 3.05) is 20.2 Å². The normalized spacial score (nSPS) is 15.6. The first-order valence-electron chi connectivity index (χ1n) is 11.9. The van der Waals surface area contributed by atoms with Crippen molar-refractivity contribution in [2.24, 2.45) is 0 Å². The van der Waals surface area contributed by atoms with Gasteiger partial charge in [-0.05, 0) is 74.7 Å². The largest absolute Gasteiger partial charge is 0.497 e. The van der Waals surface area contributed by atoms with E-state index in [1.54, 1.807) is 11.7 Å². The van der Waals surface area contributed by atoms with E-state index in [-0.39, 0.29) is 5.56 Å². The van der Waals surface area contributed by atoms with Gasteiger partial charge in [0.15, 0.2) is 5.82 Å². The molecule has 1 saturated heterocycles. The second-order valence-corrected chi connectivity index (χ2v) is 9.02. The monoisotopic (exact) mass is 456 g/mol. The summed E-state index contributed by atoms with van der Waals surface area (Å²) in [5, 5.41) is 10.9. The number of aromatic nitrogens is 5. The first-order chi connectivity index (χ1) is 16.7. The number of rotatable bonds is 5. The summed E-state index contributed by atoms with van der Waals surface area (Å²) in [6.45, 7) is 5.21. The molecule has 0 amide bonds. The van der Waals surface area contributed by atoms with Crippen LogP contribution in [0.2, 0.25) is 0 Å². The quantitative estimate of drug-likeness (QED) is 0.433. The van der Waals surface area contributed by atoms with E-state index in [2.05, 4.69) is 42.8 Å². The smallest absolute Gasteiger partial charge is 0.262 e. The molecule has 1 N–H and O–H groups in total. The van der Waals surface area contributed by atoms with Crippen LogP contribution in [0.4, 0.5) is 0 Å². The molecule has 0 spiro atoms. The molecule has 2 aromatic carbocycles. The van der Waals surface area contributed by atoms with E-state index >= 15 is 0 Å². The topological polar surface area (TPSA) is 80.5 Å². The highest BCUT2D eigenvalue weighted by Gasteiger charge is 2.25. The zero-order chi connectivity index (χ0) is 23.2. The number of piperidine rings is 1. The number of hydrogen-bond acceptors (Lipinski definition) is 5. The molecule has 8 nitrogen and oxygen atoms in total. The molecule has 0 atom stereocenters. The lowest BCUT2D eigenvalue weighted by Crippen LogP contribution is -2.33. The molecular formula is C26H28N6O2. The van der Waals surface area contributed by atoms with Crippen molar-refractivity contribution in [2.45, 2.75) is 38.8 Å². The Morgan fingerprint density at radius 3 is 2.71 bits per heavy atom. The number of ether oxygens (including phenoxy) is 1. The van der Waals surface area contributed by atoms with Gasteiger partial charge in [0.2, 0.25) is 5.78 Å². The molecule has 4 heterocycles. The van der Waals surface area contributed by atoms with Crippen molar-refractivity contribution in [3.63, 3.8) is 0 Å². The van der Waals surface area contributed by atoms with Gasteiger partial charge in [-0.1, -0.05) is 12.1 Å². The number of likely N-dealkylation sites (tertiary alicyclic amines) is 1. The van der Waals surface area contributed by atoms with Crippen LogP contribution < -0.4 is 10.3 Å². The first-order valence-corrected chi connectivity index (χ1v) is 11.9. The Labute approximate surface area is 196 Å². The van der Waals surface area contributed by atoms with E-state index < -0.39 is 0 Å². The Kier molecular flexibility index (Phi) is 5.10. The van der Waals surface area contributed by atoms with Crippen LogP contribution >= 0.6 is 0 Å². The Morgan fingerprint density at radius 1 is 1.09 bits per heavy atom. The minimum atomic E-state index is -0.0132. The molecule has 1 aliphatic heterocycles. The standard InChI is InChI=1S/C26H28N6O2/c1-3-31-25(33)19-6-4-5-7-23(19)32-24(28-29-26(31)32)16-30-12-10-17(11-13-30)21-15-27-22-9-8-18(34-2)14-20(21)22/h4-9,14-15,17,27H,3,10-13,16H2,1-2H3. The fourth-order valence-corrected chi connectivity index (χ4v) is 5.39. The zero-order valence-corrected chi connectivity index (χ0v) is 19.5. The molecule has 0 aliphatic carbocycles. The number of fused-ring (bicyclic) bond motifs is 4. The molecule has 0 bridgehead atoms. The average molecular weight is 457 g/mol. The lowest BCUT2D eigenvalue weighted by molar-refractivity contribution is 0.200. The maximum Gasteiger partial charge on any atom is 0.262 e. The Balaban J connectivity index is 1.27. The summed E-state index contributed by atoms with van der Waals surface area (Å²) in [7, 11) is 1.71. The van der Waals surface area contributed by atoms with Crippen LogP contribution in [0.25, 0.3) is 27.6 Å². The number of aryl methyl sites for hydroxylation is 1. The van der Waals surface area contributed by atoms with Crippen LogP contribution in [0.5, 0.6) is 5.75 Å². The Bertz CT molecular complexity index is 1550. The Morgan fingerprint density at radius 2 is 1.91 bits per heavy atom. The number of nitrogens with one attached hydrogen (secondary N) is 1. The third-order valence-electron chi connectivity index (χ3n) is 7.20. The highest BCUT2D eigenvalue weighted by Crippen LogP contribution is 2.35. The van der Waals surface area contributed by atoms with Gasteiger partial charge < -0.3 is 9.72 Å². The second-order valence-electron chi connectivity index (χ2n) is 9.02. The van der Waals surface area contributed by atoms with Gasteiger partial charge in [-0.2, -0.15) is 0 Å². The predicted molar refractivity (Wildman–Crippen MR) is 133 cm³/mol. The molecule has 1 fully saturated rings. The van der Waals surface area contributed by atoms with Gasteiger partial charge in [0.25, 0.3) is 5.56 Å². The number of methoxy groups -OCH3 is 1. The molecule has 1 aliphatic rings. The van der Waals surface area contributed by atoms with Crippen molar-refractivity contribution in [1.29, 1.82) is 0 Å². The zero-order valence-electron chi connectivity index (χ0n) is 19.5. The minimum absolute atomic E-state index is 0.0132. The number of benzene rings is 2. The van der Waals surface area contributed by atoms with Gasteiger partial charge >= 0.3 is 0 Å². The van der Waals surface area contributed by atoms with Crippen LogP contribution in [0.3, 0.4) is 0 Å². The highest BCUT2D eigenvalue weighted by molar-refractivity contribution is 5.85. The van der Waals surface area contributed by atoms with Gasteiger partial charge in [0.05, 0.1) is 24.6 Å². The molecule has 5 aromatic rings. The number of hydrogen-bond donors (Lipinski definition) is 1. The summed E-state index contributed by atoms with van der Waals surface area (Å²) >= 11 is 0. The summed E-state index contributed by atoms with van der Waals surface area (Å²) in [6.07, 6.45) is 4.33. The predicted octanol–water partition coefficient (Wildman–Crippen LogP) is 3.93. The van der Waals surface area contributed by atoms with E-state index in [0.717, 1.165) is 48.5 Å². The third-order valence-corrected chi connectivity index (χ3v) is 7.20. The third kappa shape index (κ3) is 3.28. The van der Waals surface area contributed by atoms with Crippen molar-refractivity contribution in [1.82, 2.24) is 29.0 Å². The lowest BCUT2D eigenvalue weighted by Gasteiger charge is -2.31. The number of H-pyrrole nitrogens is 1. The summed E-state index contributed by atoms with van der Waals surface area (Å²) < 4.78 is 9.20. The van der Waals surface area contributed by atoms with Crippen LogP contribution in [-0.2, 0) is 13.1 Å². The number of para-hydroxylation sites is 1. The molecule has 174 valence electrons. The van der Waals surface area contributed by atoms with Gasteiger partial charge in [-0.15, -0.1) is 10.2 Å². The summed E-state index contributed by atoms with van der Waals surface area (Å²) in [5.41, 5.74) is 3.39. The molecule has 8 heteroatoms. The van der Waals surface area contributed by atoms with Crippen molar-refractivity contribution < 1.29 is 4.74 Å². The number of aromatic amines is 1. The fourth-order valence-electron chi connectivity index (χ4n) is 5.39. The summed E-state index contributed by atoms with van der Waals surface area (Å²) in [5.74, 6) is 2.90. The van der Waals surface area contributed by atoms with E-state index in [9.17, 15) is 4.79 Å². The average Bonchev–Trinajstić information content (AvgIpc) is 3.49. The molecule has 0 radical (unpaired) electrons. The van der Waals surface area contributed by atoms with Crippen LogP contribution in [0, 0.1) is 0 Å². The number of nitrogens with zero attached hydrogens (tertiary/aromatic N) is 5. The van der Waals surface area contributed by atoms with Crippen molar-refractivity contribution >= 4 is 27.6 Å². The van der Waals surface area contributed by atoms with Crippen LogP contribution in [-0.4, -0.2) is 49.2 Å². The first kappa shape index (κ1) is 20.9. The molecule has 0 unspecified atom stereocenters. The molecule has 6 rings (SSSR count).